The van der Waals surface area contributed by atoms with Crippen LogP contribution in [0.2, 0.25) is 0 Å². The monoisotopic (exact) mass is 466 g/mol. The first kappa shape index (κ1) is 19.9. The zero-order chi connectivity index (χ0) is 20.6. The van der Waals surface area contributed by atoms with Gasteiger partial charge in [-0.2, -0.15) is 18.3 Å². The largest absolute Gasteiger partial charge is 0.433 e. The van der Waals surface area contributed by atoms with Crippen molar-refractivity contribution in [1.82, 2.24) is 19.5 Å². The lowest BCUT2D eigenvalue weighted by Crippen LogP contribution is -2.32. The van der Waals surface area contributed by atoms with Gasteiger partial charge in [-0.05, 0) is 31.0 Å². The topological polar surface area (TPSA) is 50.5 Å². The first-order valence-corrected chi connectivity index (χ1v) is 10.2. The summed E-state index contributed by atoms with van der Waals surface area (Å²) in [6.07, 6.45) is -0.769. The molecule has 3 heterocycles. The highest BCUT2D eigenvalue weighted by Gasteiger charge is 2.36. The normalized spacial score (nSPS) is 15.5. The maximum atomic E-state index is 13.7. The van der Waals surface area contributed by atoms with Crippen molar-refractivity contribution < 1.29 is 18.0 Å². The molecule has 0 radical (unpaired) electrons. The Morgan fingerprint density at radius 2 is 1.66 bits per heavy atom. The number of alkyl halides is 3. The van der Waals surface area contributed by atoms with Gasteiger partial charge in [0.15, 0.2) is 17.0 Å². The van der Waals surface area contributed by atoms with E-state index in [9.17, 15) is 18.0 Å². The summed E-state index contributed by atoms with van der Waals surface area (Å²) >= 11 is 3.31. The molecule has 1 fully saturated rings. The standard InChI is InChI=1S/C20H18BrF3N4O/c21-14-7-5-13(6-8-14)15-11-17(20(22,23)24)28-18(25-15)12-16(26-28)19(29)27-9-3-1-2-4-10-27/h5-8,11-12H,1-4,9-10H2. The van der Waals surface area contributed by atoms with Crippen molar-refractivity contribution in [3.63, 3.8) is 0 Å². The van der Waals surface area contributed by atoms with Gasteiger partial charge < -0.3 is 4.90 Å². The Hall–Kier alpha value is -2.42. The number of amides is 1. The second-order valence-corrected chi connectivity index (χ2v) is 7.95. The third-order valence-electron chi connectivity index (χ3n) is 4.97. The van der Waals surface area contributed by atoms with E-state index in [1.165, 1.54) is 6.07 Å². The van der Waals surface area contributed by atoms with Crippen LogP contribution >= 0.6 is 15.9 Å². The van der Waals surface area contributed by atoms with Gasteiger partial charge in [0.05, 0.1) is 5.69 Å². The fourth-order valence-corrected chi connectivity index (χ4v) is 3.75. The van der Waals surface area contributed by atoms with Crippen LogP contribution in [0.3, 0.4) is 0 Å². The molecule has 0 atom stereocenters. The zero-order valence-electron chi connectivity index (χ0n) is 15.4. The molecule has 29 heavy (non-hydrogen) atoms. The summed E-state index contributed by atoms with van der Waals surface area (Å²) in [5, 5.41) is 3.97. The van der Waals surface area contributed by atoms with E-state index in [-0.39, 0.29) is 22.9 Å². The smallest absolute Gasteiger partial charge is 0.337 e. The summed E-state index contributed by atoms with van der Waals surface area (Å²) in [6.45, 7) is 1.19. The van der Waals surface area contributed by atoms with Crippen LogP contribution in [0.15, 0.2) is 40.9 Å². The molecule has 1 amide bonds. The third-order valence-corrected chi connectivity index (χ3v) is 5.50. The zero-order valence-corrected chi connectivity index (χ0v) is 17.0. The third kappa shape index (κ3) is 4.14. The second kappa shape index (κ2) is 7.78. The van der Waals surface area contributed by atoms with Gasteiger partial charge in [0.25, 0.3) is 5.91 Å². The molecule has 0 bridgehead atoms. The van der Waals surface area contributed by atoms with Crippen LogP contribution in [0.4, 0.5) is 13.2 Å². The van der Waals surface area contributed by atoms with Crippen molar-refractivity contribution in [2.75, 3.05) is 13.1 Å². The average molecular weight is 467 g/mol. The number of nitrogens with zero attached hydrogens (tertiary/aromatic N) is 4. The fourth-order valence-electron chi connectivity index (χ4n) is 3.49. The summed E-state index contributed by atoms with van der Waals surface area (Å²) in [6, 6.07) is 9.14. The van der Waals surface area contributed by atoms with Crippen molar-refractivity contribution in [3.8, 4) is 11.3 Å². The molecule has 1 aliphatic heterocycles. The summed E-state index contributed by atoms with van der Waals surface area (Å²) in [4.78, 5) is 18.8. The molecule has 5 nitrogen and oxygen atoms in total. The molecule has 1 aromatic carbocycles. The molecule has 9 heteroatoms. The first-order valence-electron chi connectivity index (χ1n) is 9.36. The van der Waals surface area contributed by atoms with E-state index >= 15 is 0 Å². The SMILES string of the molecule is O=C(c1cc2nc(-c3ccc(Br)cc3)cc(C(F)(F)F)n2n1)N1CCCCCC1. The Balaban J connectivity index is 1.80. The molecule has 152 valence electrons. The van der Waals surface area contributed by atoms with Crippen LogP contribution in [0.5, 0.6) is 0 Å². The van der Waals surface area contributed by atoms with Gasteiger partial charge in [-0.25, -0.2) is 9.50 Å². The van der Waals surface area contributed by atoms with Gasteiger partial charge in [0.2, 0.25) is 0 Å². The van der Waals surface area contributed by atoms with E-state index in [2.05, 4.69) is 26.0 Å². The Morgan fingerprint density at radius 1 is 1.00 bits per heavy atom. The highest BCUT2D eigenvalue weighted by molar-refractivity contribution is 9.10. The van der Waals surface area contributed by atoms with Crippen molar-refractivity contribution in [2.24, 2.45) is 0 Å². The van der Waals surface area contributed by atoms with Crippen LogP contribution in [0.1, 0.15) is 41.9 Å². The van der Waals surface area contributed by atoms with Crippen molar-refractivity contribution in [2.45, 2.75) is 31.9 Å². The van der Waals surface area contributed by atoms with E-state index in [4.69, 9.17) is 0 Å². The molecule has 2 aromatic heterocycles. The lowest BCUT2D eigenvalue weighted by atomic mass is 10.1. The molecular weight excluding hydrogens is 449 g/mol. The minimum Gasteiger partial charge on any atom is -0.337 e. The fraction of sp³-hybridized carbons (Fsp3) is 0.350. The Bertz CT molecular complexity index is 1040. The first-order chi connectivity index (χ1) is 13.8. The highest BCUT2D eigenvalue weighted by Crippen LogP contribution is 2.32. The Morgan fingerprint density at radius 3 is 2.28 bits per heavy atom. The summed E-state index contributed by atoms with van der Waals surface area (Å²) < 4.78 is 42.6. The molecule has 0 unspecified atom stereocenters. The number of fused-ring (bicyclic) bond motifs is 1. The van der Waals surface area contributed by atoms with Crippen LogP contribution in [0.25, 0.3) is 16.9 Å². The van der Waals surface area contributed by atoms with Crippen LogP contribution < -0.4 is 0 Å². The van der Waals surface area contributed by atoms with Gasteiger partial charge >= 0.3 is 6.18 Å². The number of carbonyl (C=O) groups is 1. The number of hydrogen-bond acceptors (Lipinski definition) is 3. The van der Waals surface area contributed by atoms with E-state index in [0.29, 0.717) is 23.2 Å². The van der Waals surface area contributed by atoms with Gasteiger partial charge in [-0.1, -0.05) is 40.9 Å². The predicted octanol–water partition coefficient (Wildman–Crippen LogP) is 5.19. The van der Waals surface area contributed by atoms with Crippen molar-refractivity contribution >= 4 is 27.5 Å². The lowest BCUT2D eigenvalue weighted by molar-refractivity contribution is -0.142. The number of carbonyl (C=O) groups excluding carboxylic acids is 1. The lowest BCUT2D eigenvalue weighted by Gasteiger charge is -2.18. The van der Waals surface area contributed by atoms with Gasteiger partial charge in [0.1, 0.15) is 0 Å². The quantitative estimate of drug-likeness (QED) is 0.521. The average Bonchev–Trinajstić information content (AvgIpc) is 2.92. The van der Waals surface area contributed by atoms with Crippen LogP contribution in [-0.2, 0) is 6.18 Å². The molecule has 3 aromatic rings. The summed E-state index contributed by atoms with van der Waals surface area (Å²) in [5.41, 5.74) is -0.266. The number of benzene rings is 1. The minimum atomic E-state index is -4.64. The predicted molar refractivity (Wildman–Crippen MR) is 105 cm³/mol. The molecule has 0 aliphatic carbocycles. The number of rotatable bonds is 2. The van der Waals surface area contributed by atoms with Crippen molar-refractivity contribution in [1.29, 1.82) is 0 Å². The van der Waals surface area contributed by atoms with E-state index in [0.717, 1.165) is 36.2 Å². The Kier molecular flexibility index (Phi) is 5.33. The van der Waals surface area contributed by atoms with E-state index < -0.39 is 11.9 Å². The summed E-state index contributed by atoms with van der Waals surface area (Å²) in [5.74, 6) is -0.351. The second-order valence-electron chi connectivity index (χ2n) is 7.04. The maximum absolute atomic E-state index is 13.7. The highest BCUT2D eigenvalue weighted by atomic mass is 79.9. The van der Waals surface area contributed by atoms with E-state index in [1.54, 1.807) is 29.2 Å². The number of aromatic nitrogens is 3. The molecular formula is C20H18BrF3N4O. The molecule has 0 N–H and O–H groups in total. The molecule has 1 saturated heterocycles. The van der Waals surface area contributed by atoms with Crippen LogP contribution in [-0.4, -0.2) is 38.5 Å². The Labute approximate surface area is 173 Å². The minimum absolute atomic E-state index is 0.00378. The van der Waals surface area contributed by atoms with Crippen LogP contribution in [0, 0.1) is 0 Å². The molecule has 1 aliphatic rings. The molecule has 4 rings (SSSR count). The number of halogens is 4. The summed E-state index contributed by atoms with van der Waals surface area (Å²) in [7, 11) is 0. The van der Waals surface area contributed by atoms with Crippen molar-refractivity contribution in [3.05, 3.63) is 52.3 Å². The maximum Gasteiger partial charge on any atom is 0.433 e. The van der Waals surface area contributed by atoms with Gasteiger partial charge in [-0.3, -0.25) is 4.79 Å². The molecule has 0 spiro atoms. The van der Waals surface area contributed by atoms with Gasteiger partial charge in [-0.15, -0.1) is 0 Å². The van der Waals surface area contributed by atoms with E-state index in [1.807, 2.05) is 0 Å². The molecule has 0 saturated carbocycles. The number of hydrogen-bond donors (Lipinski definition) is 0. The number of likely N-dealkylation sites (tertiary alicyclic amines) is 1. The van der Waals surface area contributed by atoms with Gasteiger partial charge in [0, 0.05) is 29.2 Å².